The molecule has 7 heteroatoms. The lowest BCUT2D eigenvalue weighted by Gasteiger charge is -2.20. The van der Waals surface area contributed by atoms with Crippen molar-refractivity contribution in [3.63, 3.8) is 0 Å². The van der Waals surface area contributed by atoms with Crippen LogP contribution in [0.5, 0.6) is 0 Å². The Balaban J connectivity index is 1.65. The Bertz CT molecular complexity index is 772. The van der Waals surface area contributed by atoms with E-state index in [0.29, 0.717) is 10.4 Å². The number of amides is 2. The first-order valence-electron chi connectivity index (χ1n) is 8.45. The Morgan fingerprint density at radius 3 is 2.46 bits per heavy atom. The summed E-state index contributed by atoms with van der Waals surface area (Å²) in [5, 5.41) is 7.24. The molecular formula is C19H20N2O4S. The monoisotopic (exact) mass is 372 g/mol. The Kier molecular flexibility index (Phi) is 5.68. The topological polar surface area (TPSA) is 84.5 Å². The highest BCUT2D eigenvalue weighted by molar-refractivity contribution is 7.12. The number of ether oxygens (including phenoxy) is 1. The van der Waals surface area contributed by atoms with Crippen LogP contribution in [0.3, 0.4) is 0 Å². The van der Waals surface area contributed by atoms with Crippen molar-refractivity contribution in [3.8, 4) is 0 Å². The fourth-order valence-electron chi connectivity index (χ4n) is 2.36. The van der Waals surface area contributed by atoms with Crippen LogP contribution in [-0.4, -0.2) is 29.9 Å². The van der Waals surface area contributed by atoms with Gasteiger partial charge in [0.2, 0.25) is 6.10 Å². The first-order chi connectivity index (χ1) is 12.5. The molecule has 1 aromatic heterocycles. The molecule has 0 unspecified atom stereocenters. The lowest BCUT2D eigenvalue weighted by atomic mass is 10.1. The van der Waals surface area contributed by atoms with E-state index in [4.69, 9.17) is 4.74 Å². The zero-order valence-electron chi connectivity index (χ0n) is 14.3. The van der Waals surface area contributed by atoms with Crippen LogP contribution in [0.2, 0.25) is 0 Å². The molecular weight excluding hydrogens is 352 g/mol. The summed E-state index contributed by atoms with van der Waals surface area (Å²) in [6.45, 7) is 1.54. The molecule has 1 saturated carbocycles. The summed E-state index contributed by atoms with van der Waals surface area (Å²) in [5.74, 6) is -1.35. The summed E-state index contributed by atoms with van der Waals surface area (Å²) in [6.07, 6.45) is 0.841. The van der Waals surface area contributed by atoms with E-state index in [2.05, 4.69) is 10.6 Å². The van der Waals surface area contributed by atoms with Crippen LogP contribution >= 0.6 is 11.3 Å². The van der Waals surface area contributed by atoms with Crippen LogP contribution in [0.1, 0.15) is 41.1 Å². The van der Waals surface area contributed by atoms with Gasteiger partial charge in [0.05, 0.1) is 4.88 Å². The summed E-state index contributed by atoms with van der Waals surface area (Å²) in [5.41, 5.74) is 0.593. The van der Waals surface area contributed by atoms with Crippen molar-refractivity contribution in [2.75, 3.05) is 0 Å². The zero-order valence-corrected chi connectivity index (χ0v) is 15.1. The minimum atomic E-state index is -1.04. The molecule has 1 heterocycles. The number of rotatable bonds is 7. The van der Waals surface area contributed by atoms with Crippen LogP contribution in [0.4, 0.5) is 0 Å². The van der Waals surface area contributed by atoms with Crippen molar-refractivity contribution in [3.05, 3.63) is 58.3 Å². The highest BCUT2D eigenvalue weighted by atomic mass is 32.1. The number of thiophene rings is 1. The van der Waals surface area contributed by atoms with E-state index in [1.807, 2.05) is 6.07 Å². The van der Waals surface area contributed by atoms with Gasteiger partial charge in [0.1, 0.15) is 6.04 Å². The van der Waals surface area contributed by atoms with Gasteiger partial charge in [0.15, 0.2) is 0 Å². The maximum atomic E-state index is 12.5. The maximum absolute atomic E-state index is 12.5. The first-order valence-corrected chi connectivity index (χ1v) is 9.32. The summed E-state index contributed by atoms with van der Waals surface area (Å²) >= 11 is 1.29. The molecule has 1 aromatic carbocycles. The fraction of sp³-hybridized carbons (Fsp3) is 0.316. The fourth-order valence-corrected chi connectivity index (χ4v) is 2.98. The molecule has 0 spiro atoms. The van der Waals surface area contributed by atoms with Crippen LogP contribution < -0.4 is 10.6 Å². The second kappa shape index (κ2) is 8.14. The number of esters is 1. The molecule has 2 amide bonds. The van der Waals surface area contributed by atoms with Gasteiger partial charge in [-0.2, -0.15) is 0 Å². The van der Waals surface area contributed by atoms with Gasteiger partial charge in [0.25, 0.3) is 11.8 Å². The molecule has 0 aliphatic heterocycles. The van der Waals surface area contributed by atoms with E-state index in [9.17, 15) is 14.4 Å². The number of nitrogens with one attached hydrogen (secondary N) is 2. The van der Waals surface area contributed by atoms with Crippen molar-refractivity contribution < 1.29 is 19.1 Å². The van der Waals surface area contributed by atoms with Gasteiger partial charge in [-0.15, -0.1) is 11.3 Å². The Morgan fingerprint density at radius 1 is 1.12 bits per heavy atom. The van der Waals surface area contributed by atoms with E-state index in [0.717, 1.165) is 12.8 Å². The number of carbonyl (C=O) groups excluding carboxylic acids is 3. The average Bonchev–Trinajstić information content (AvgIpc) is 3.28. The highest BCUT2D eigenvalue weighted by Crippen LogP contribution is 2.23. The van der Waals surface area contributed by atoms with Crippen LogP contribution in [0.25, 0.3) is 0 Å². The summed E-state index contributed by atoms with van der Waals surface area (Å²) < 4.78 is 5.44. The maximum Gasteiger partial charge on any atom is 0.329 e. The second-order valence-electron chi connectivity index (χ2n) is 6.18. The third kappa shape index (κ3) is 4.70. The molecule has 1 fully saturated rings. The quantitative estimate of drug-likeness (QED) is 0.731. The molecule has 0 saturated heterocycles. The molecule has 0 radical (unpaired) electrons. The third-order valence-electron chi connectivity index (χ3n) is 3.94. The zero-order chi connectivity index (χ0) is 18.5. The molecule has 2 aromatic rings. The standard InChI is InChI=1S/C19H20N2O4S/c1-12(20-17(22)15-8-5-11-26-15)19(24)25-16(13-6-3-2-4-7-13)18(23)21-14-9-10-14/h2-8,11-12,14,16H,9-10H2,1H3,(H,20,22)(H,21,23)/t12-,16+/m1/s1. The van der Waals surface area contributed by atoms with Crippen LogP contribution in [0, 0.1) is 0 Å². The molecule has 3 rings (SSSR count). The second-order valence-corrected chi connectivity index (χ2v) is 7.13. The van der Waals surface area contributed by atoms with Crippen molar-refractivity contribution in [1.29, 1.82) is 0 Å². The van der Waals surface area contributed by atoms with Gasteiger partial charge in [-0.25, -0.2) is 4.79 Å². The van der Waals surface area contributed by atoms with Gasteiger partial charge in [-0.05, 0) is 31.2 Å². The van der Waals surface area contributed by atoms with Crippen molar-refractivity contribution >= 4 is 29.1 Å². The van der Waals surface area contributed by atoms with Crippen LogP contribution in [0.15, 0.2) is 47.8 Å². The molecule has 0 bridgehead atoms. The number of hydrogen-bond acceptors (Lipinski definition) is 5. The van der Waals surface area contributed by atoms with Gasteiger partial charge < -0.3 is 15.4 Å². The summed E-state index contributed by atoms with van der Waals surface area (Å²) in [4.78, 5) is 37.5. The normalized spacial score (nSPS) is 15.6. The Labute approximate surface area is 155 Å². The number of carbonyl (C=O) groups is 3. The molecule has 1 aliphatic rings. The van der Waals surface area contributed by atoms with E-state index < -0.39 is 18.1 Å². The van der Waals surface area contributed by atoms with Crippen molar-refractivity contribution in [2.45, 2.75) is 38.0 Å². The summed E-state index contributed by atoms with van der Waals surface area (Å²) in [7, 11) is 0. The predicted octanol–water partition coefficient (Wildman–Crippen LogP) is 2.43. The lowest BCUT2D eigenvalue weighted by molar-refractivity contribution is -0.158. The molecule has 1 aliphatic carbocycles. The van der Waals surface area contributed by atoms with Crippen molar-refractivity contribution in [1.82, 2.24) is 10.6 Å². The van der Waals surface area contributed by atoms with Gasteiger partial charge in [-0.1, -0.05) is 36.4 Å². The molecule has 136 valence electrons. The third-order valence-corrected chi connectivity index (χ3v) is 4.81. The minimum Gasteiger partial charge on any atom is -0.446 e. The van der Waals surface area contributed by atoms with Crippen LogP contribution in [-0.2, 0) is 14.3 Å². The number of benzene rings is 1. The summed E-state index contributed by atoms with van der Waals surface area (Å²) in [6, 6.07) is 11.6. The van der Waals surface area contributed by atoms with Crippen molar-refractivity contribution in [2.24, 2.45) is 0 Å². The minimum absolute atomic E-state index is 0.156. The highest BCUT2D eigenvalue weighted by Gasteiger charge is 2.32. The van der Waals surface area contributed by atoms with Gasteiger partial charge in [0, 0.05) is 11.6 Å². The number of hydrogen-bond donors (Lipinski definition) is 2. The smallest absolute Gasteiger partial charge is 0.329 e. The van der Waals surface area contributed by atoms with Gasteiger partial charge >= 0.3 is 5.97 Å². The first kappa shape index (κ1) is 18.1. The largest absolute Gasteiger partial charge is 0.446 e. The molecule has 2 N–H and O–H groups in total. The van der Waals surface area contributed by atoms with E-state index in [-0.39, 0.29) is 17.9 Å². The molecule has 26 heavy (non-hydrogen) atoms. The van der Waals surface area contributed by atoms with E-state index in [1.54, 1.807) is 41.8 Å². The molecule has 2 atom stereocenters. The SMILES string of the molecule is C[C@@H](NC(=O)c1cccs1)C(=O)O[C@H](C(=O)NC1CC1)c1ccccc1. The van der Waals surface area contributed by atoms with E-state index in [1.165, 1.54) is 18.3 Å². The average molecular weight is 372 g/mol. The lowest BCUT2D eigenvalue weighted by Crippen LogP contribution is -2.42. The van der Waals surface area contributed by atoms with Gasteiger partial charge in [-0.3, -0.25) is 9.59 Å². The van der Waals surface area contributed by atoms with E-state index >= 15 is 0 Å². The Hall–Kier alpha value is -2.67. The predicted molar refractivity (Wildman–Crippen MR) is 97.7 cm³/mol. The Morgan fingerprint density at radius 2 is 1.85 bits per heavy atom. The molecule has 6 nitrogen and oxygen atoms in total.